The number of likely N-dealkylation sites (tertiary alicyclic amines) is 1. The number of alkyl carbamates (subject to hydrolysis) is 2. The van der Waals surface area contributed by atoms with Crippen LogP contribution in [0, 0.1) is 11.8 Å². The molecule has 15 heteroatoms. The van der Waals surface area contributed by atoms with Gasteiger partial charge < -0.3 is 44.6 Å². The number of H-pyrrole nitrogens is 2. The summed E-state index contributed by atoms with van der Waals surface area (Å²) in [5, 5.41) is 5.38. The Hall–Kier alpha value is -5.70. The molecule has 6 rings (SSSR count). The van der Waals surface area contributed by atoms with E-state index in [2.05, 4.69) is 49.9 Å². The molecular weight excluding hydrogens is 716 g/mol. The lowest BCUT2D eigenvalue weighted by molar-refractivity contribution is -0.143. The third-order valence-corrected chi connectivity index (χ3v) is 10.5. The highest BCUT2D eigenvalue weighted by molar-refractivity contribution is 5.87. The number of nitrogens with one attached hydrogen (secondary N) is 4. The van der Waals surface area contributed by atoms with E-state index in [1.54, 1.807) is 17.3 Å². The van der Waals surface area contributed by atoms with Crippen LogP contribution in [0.4, 0.5) is 9.59 Å². The molecule has 0 bridgehead atoms. The van der Waals surface area contributed by atoms with Crippen molar-refractivity contribution in [1.29, 1.82) is 0 Å². The highest BCUT2D eigenvalue weighted by atomic mass is 16.5. The number of amides is 4. The lowest BCUT2D eigenvalue weighted by Crippen LogP contribution is -2.54. The smallest absolute Gasteiger partial charge is 0.407 e. The number of hydrogen-bond donors (Lipinski definition) is 4. The fourth-order valence-corrected chi connectivity index (χ4v) is 7.32. The SMILES string of the molecule is COC(=O)N[C@H](C(=O)N1CCCCC1c1ncc(-c2ccc(-c3ccc(-c4cnc([C@@H]5COCCN5C(=O)[C@@H](NC(=O)OC)C(C)C)[nH]4)cc3)cc2)[nH]1)C(C)C. The Labute approximate surface area is 326 Å². The summed E-state index contributed by atoms with van der Waals surface area (Å²) in [6, 6.07) is 14.3. The van der Waals surface area contributed by atoms with E-state index in [0.717, 1.165) is 58.7 Å². The predicted molar refractivity (Wildman–Crippen MR) is 209 cm³/mol. The third kappa shape index (κ3) is 8.88. The molecule has 298 valence electrons. The molecule has 1 unspecified atom stereocenters. The van der Waals surface area contributed by atoms with E-state index in [1.165, 1.54) is 14.2 Å². The van der Waals surface area contributed by atoms with Crippen molar-refractivity contribution in [3.63, 3.8) is 0 Å². The molecule has 0 spiro atoms. The van der Waals surface area contributed by atoms with Crippen molar-refractivity contribution in [1.82, 2.24) is 40.4 Å². The molecule has 56 heavy (non-hydrogen) atoms. The second-order valence-electron chi connectivity index (χ2n) is 14.9. The molecule has 4 aromatic rings. The van der Waals surface area contributed by atoms with Gasteiger partial charge in [0.15, 0.2) is 0 Å². The lowest BCUT2D eigenvalue weighted by Gasteiger charge is -2.37. The number of hydrogen-bond acceptors (Lipinski definition) is 9. The number of rotatable bonds is 11. The minimum absolute atomic E-state index is 0.112. The highest BCUT2D eigenvalue weighted by Crippen LogP contribution is 2.33. The first-order chi connectivity index (χ1) is 27.0. The Morgan fingerprint density at radius 1 is 0.679 bits per heavy atom. The second-order valence-corrected chi connectivity index (χ2v) is 14.9. The molecule has 2 aromatic carbocycles. The summed E-state index contributed by atoms with van der Waals surface area (Å²) < 4.78 is 15.3. The van der Waals surface area contributed by atoms with Gasteiger partial charge in [0, 0.05) is 13.1 Å². The minimum atomic E-state index is -0.748. The van der Waals surface area contributed by atoms with Crippen LogP contribution in [-0.2, 0) is 23.8 Å². The number of imidazole rings is 2. The topological polar surface area (TPSA) is 184 Å². The fourth-order valence-electron chi connectivity index (χ4n) is 7.32. The Kier molecular flexibility index (Phi) is 12.7. The Morgan fingerprint density at radius 2 is 1.12 bits per heavy atom. The van der Waals surface area contributed by atoms with E-state index >= 15 is 0 Å². The van der Waals surface area contributed by atoms with Gasteiger partial charge in [-0.1, -0.05) is 76.2 Å². The van der Waals surface area contributed by atoms with Crippen LogP contribution >= 0.6 is 0 Å². The van der Waals surface area contributed by atoms with Crippen molar-refractivity contribution in [2.75, 3.05) is 40.5 Å². The van der Waals surface area contributed by atoms with Crippen molar-refractivity contribution in [3.05, 3.63) is 72.6 Å². The number of ether oxygens (including phenoxy) is 3. The van der Waals surface area contributed by atoms with Crippen LogP contribution < -0.4 is 10.6 Å². The van der Waals surface area contributed by atoms with Gasteiger partial charge in [-0.05, 0) is 53.4 Å². The molecule has 2 saturated heterocycles. The summed E-state index contributed by atoms with van der Waals surface area (Å²) >= 11 is 0. The van der Waals surface area contributed by atoms with Crippen molar-refractivity contribution >= 4 is 24.0 Å². The highest BCUT2D eigenvalue weighted by Gasteiger charge is 2.38. The molecule has 4 atom stereocenters. The summed E-state index contributed by atoms with van der Waals surface area (Å²) in [5.74, 6) is 0.715. The van der Waals surface area contributed by atoms with Gasteiger partial charge in [-0.25, -0.2) is 19.6 Å². The van der Waals surface area contributed by atoms with Gasteiger partial charge in [0.05, 0.1) is 57.3 Å². The maximum absolute atomic E-state index is 13.7. The van der Waals surface area contributed by atoms with E-state index in [-0.39, 0.29) is 36.3 Å². The van der Waals surface area contributed by atoms with Crippen molar-refractivity contribution < 1.29 is 33.4 Å². The van der Waals surface area contributed by atoms with Crippen LogP contribution in [0.3, 0.4) is 0 Å². The molecule has 2 aliphatic heterocycles. The van der Waals surface area contributed by atoms with Crippen LogP contribution in [0.25, 0.3) is 33.6 Å². The van der Waals surface area contributed by atoms with Gasteiger partial charge in [-0.2, -0.15) is 0 Å². The second kappa shape index (κ2) is 17.8. The zero-order chi connectivity index (χ0) is 39.9. The number of benzene rings is 2. The minimum Gasteiger partial charge on any atom is -0.453 e. The number of aromatic nitrogens is 4. The third-order valence-electron chi connectivity index (χ3n) is 10.5. The number of morpholine rings is 1. The molecule has 15 nitrogen and oxygen atoms in total. The number of nitrogens with zero attached hydrogens (tertiary/aromatic N) is 4. The average Bonchev–Trinajstić information content (AvgIpc) is 3.93. The van der Waals surface area contributed by atoms with E-state index in [9.17, 15) is 19.2 Å². The monoisotopic (exact) mass is 768 g/mol. The summed E-state index contributed by atoms with van der Waals surface area (Å²) in [4.78, 5) is 71.0. The van der Waals surface area contributed by atoms with Crippen molar-refractivity contribution in [3.8, 4) is 33.6 Å². The molecule has 4 amide bonds. The van der Waals surface area contributed by atoms with Crippen LogP contribution in [-0.4, -0.2) is 106 Å². The molecule has 2 aliphatic rings. The molecule has 2 aromatic heterocycles. The van der Waals surface area contributed by atoms with Crippen molar-refractivity contribution in [2.45, 2.75) is 71.1 Å². The normalized spacial score (nSPS) is 18.4. The number of carbonyl (C=O) groups is 4. The van der Waals surface area contributed by atoms with Gasteiger partial charge in [0.2, 0.25) is 11.8 Å². The van der Waals surface area contributed by atoms with E-state index in [1.807, 2.05) is 56.9 Å². The molecule has 4 N–H and O–H groups in total. The Balaban J connectivity index is 1.12. The summed E-state index contributed by atoms with van der Waals surface area (Å²) in [7, 11) is 2.56. The molecule has 2 fully saturated rings. The van der Waals surface area contributed by atoms with E-state index < -0.39 is 30.3 Å². The predicted octanol–water partition coefficient (Wildman–Crippen LogP) is 5.85. The molecular formula is C41H52N8O7. The lowest BCUT2D eigenvalue weighted by atomic mass is 9.97. The van der Waals surface area contributed by atoms with Crippen LogP contribution in [0.2, 0.25) is 0 Å². The van der Waals surface area contributed by atoms with Crippen LogP contribution in [0.15, 0.2) is 60.9 Å². The van der Waals surface area contributed by atoms with Gasteiger partial charge in [-0.3, -0.25) is 9.59 Å². The number of methoxy groups -OCH3 is 2. The average molecular weight is 769 g/mol. The first-order valence-corrected chi connectivity index (χ1v) is 19.2. The van der Waals surface area contributed by atoms with Crippen LogP contribution in [0.5, 0.6) is 0 Å². The maximum atomic E-state index is 13.7. The number of aromatic amines is 2. The van der Waals surface area contributed by atoms with Crippen molar-refractivity contribution in [2.24, 2.45) is 11.8 Å². The largest absolute Gasteiger partial charge is 0.453 e. The Bertz CT molecular complexity index is 1830. The molecule has 0 radical (unpaired) electrons. The Morgan fingerprint density at radius 3 is 1.59 bits per heavy atom. The molecule has 4 heterocycles. The number of carbonyl (C=O) groups excluding carboxylic acids is 4. The maximum Gasteiger partial charge on any atom is 0.407 e. The summed E-state index contributed by atoms with van der Waals surface area (Å²) in [6.45, 7) is 9.20. The van der Waals surface area contributed by atoms with Gasteiger partial charge in [0.1, 0.15) is 29.8 Å². The first-order valence-electron chi connectivity index (χ1n) is 19.2. The molecule has 0 aliphatic carbocycles. The fraction of sp³-hybridized carbons (Fsp3) is 0.463. The standard InChI is InChI=1S/C41H52N8O7/c1-24(2)34(46-40(52)54-5)38(50)48-18-8-7-9-32(48)36-42-21-30(44-36)28-14-10-26(11-15-28)27-12-16-29(17-13-27)31-22-43-37(45-31)33-23-56-20-19-49(33)39(51)35(25(3)4)47-41(53)55-6/h10-17,21-22,24-25,32-35H,7-9,18-20,23H2,1-6H3,(H,42,44)(H,43,45)(H,46,52)(H,47,53)/t32?,33-,34-,35-/m0/s1. The summed E-state index contributed by atoms with van der Waals surface area (Å²) in [5.41, 5.74) is 5.65. The van der Waals surface area contributed by atoms with E-state index in [0.29, 0.717) is 25.5 Å². The molecule has 0 saturated carbocycles. The number of piperidine rings is 1. The van der Waals surface area contributed by atoms with Gasteiger partial charge in [0.25, 0.3) is 0 Å². The van der Waals surface area contributed by atoms with Gasteiger partial charge >= 0.3 is 12.2 Å². The zero-order valence-corrected chi connectivity index (χ0v) is 32.8. The van der Waals surface area contributed by atoms with E-state index in [4.69, 9.17) is 19.2 Å². The zero-order valence-electron chi connectivity index (χ0n) is 32.8. The van der Waals surface area contributed by atoms with Gasteiger partial charge in [-0.15, -0.1) is 0 Å². The van der Waals surface area contributed by atoms with Crippen LogP contribution in [0.1, 0.15) is 70.7 Å². The first kappa shape index (κ1) is 40.0. The quantitative estimate of drug-likeness (QED) is 0.145. The summed E-state index contributed by atoms with van der Waals surface area (Å²) in [6.07, 6.45) is 4.92.